The average Bonchev–Trinajstić information content (AvgIpc) is 2.70. The summed E-state index contributed by atoms with van der Waals surface area (Å²) in [5.41, 5.74) is 0.731. The number of aliphatic carboxylic acids is 1. The Balaban J connectivity index is 1.89. The third kappa shape index (κ3) is 3.73. The van der Waals surface area contributed by atoms with Gasteiger partial charge in [0.15, 0.2) is 0 Å². The summed E-state index contributed by atoms with van der Waals surface area (Å²) in [6.45, 7) is 2.15. The van der Waals surface area contributed by atoms with Crippen LogP contribution < -0.4 is 4.74 Å². The largest absolute Gasteiger partial charge is 0.496 e. The van der Waals surface area contributed by atoms with Crippen LogP contribution in [0.5, 0.6) is 5.75 Å². The van der Waals surface area contributed by atoms with E-state index in [1.54, 1.807) is 25.3 Å². The molecule has 0 saturated carbocycles. The number of aryl methyl sites for hydroxylation is 1. The molecule has 0 aliphatic carbocycles. The summed E-state index contributed by atoms with van der Waals surface area (Å²) >= 11 is 0. The van der Waals surface area contributed by atoms with E-state index in [1.165, 1.54) is 4.90 Å². The number of carbonyl (C=O) groups excluding carboxylic acids is 1. The van der Waals surface area contributed by atoms with Crippen molar-refractivity contribution in [3.8, 4) is 5.75 Å². The summed E-state index contributed by atoms with van der Waals surface area (Å²) in [6, 6.07) is 14.4. The lowest BCUT2D eigenvalue weighted by Crippen LogP contribution is -2.58. The lowest BCUT2D eigenvalue weighted by atomic mass is 9.72. The van der Waals surface area contributed by atoms with E-state index in [1.807, 2.05) is 37.3 Å². The van der Waals surface area contributed by atoms with E-state index >= 15 is 0 Å². The van der Waals surface area contributed by atoms with E-state index in [-0.39, 0.29) is 25.3 Å². The Morgan fingerprint density at radius 2 is 1.93 bits per heavy atom. The number of benzene rings is 2. The average molecular weight is 383 g/mol. The molecular weight excluding hydrogens is 358 g/mol. The van der Waals surface area contributed by atoms with Crippen molar-refractivity contribution in [2.45, 2.75) is 25.9 Å². The van der Waals surface area contributed by atoms with Crippen molar-refractivity contribution < 1.29 is 24.5 Å². The number of rotatable bonds is 5. The minimum absolute atomic E-state index is 0.0482. The van der Waals surface area contributed by atoms with Crippen LogP contribution in [0.15, 0.2) is 48.5 Å². The number of carboxylic acid groups (broad SMARTS) is 1. The third-order valence-corrected chi connectivity index (χ3v) is 5.51. The van der Waals surface area contributed by atoms with E-state index in [0.717, 1.165) is 11.1 Å². The molecule has 2 atom stereocenters. The summed E-state index contributed by atoms with van der Waals surface area (Å²) < 4.78 is 5.29. The predicted molar refractivity (Wildman–Crippen MR) is 104 cm³/mol. The molecule has 6 nitrogen and oxygen atoms in total. The van der Waals surface area contributed by atoms with E-state index in [0.29, 0.717) is 17.9 Å². The SMILES string of the molecule is COc1cc(C(=O)N2CC[C@@H](O)[C@](Cc3ccccc3)(C(=O)O)C2)ccc1C. The van der Waals surface area contributed by atoms with Crippen LogP contribution in [0, 0.1) is 12.3 Å². The van der Waals surface area contributed by atoms with Gasteiger partial charge in [-0.3, -0.25) is 9.59 Å². The molecular formula is C22H25NO5. The zero-order valence-corrected chi connectivity index (χ0v) is 16.1. The highest BCUT2D eigenvalue weighted by Gasteiger charge is 2.50. The molecule has 1 aliphatic rings. The quantitative estimate of drug-likeness (QED) is 0.829. The molecule has 1 fully saturated rings. The van der Waals surface area contributed by atoms with E-state index < -0.39 is 17.5 Å². The van der Waals surface area contributed by atoms with Crippen molar-refractivity contribution >= 4 is 11.9 Å². The summed E-state index contributed by atoms with van der Waals surface area (Å²) in [5, 5.41) is 20.6. The fourth-order valence-electron chi connectivity index (χ4n) is 3.81. The molecule has 28 heavy (non-hydrogen) atoms. The van der Waals surface area contributed by atoms with Crippen LogP contribution in [0.2, 0.25) is 0 Å². The molecule has 2 aromatic rings. The highest BCUT2D eigenvalue weighted by Crippen LogP contribution is 2.35. The number of ether oxygens (including phenoxy) is 1. The molecule has 0 bridgehead atoms. The summed E-state index contributed by atoms with van der Waals surface area (Å²) in [6.07, 6.45) is -0.652. The number of hydrogen-bond donors (Lipinski definition) is 2. The minimum atomic E-state index is -1.44. The number of hydrogen-bond acceptors (Lipinski definition) is 4. The van der Waals surface area contributed by atoms with Gasteiger partial charge in [-0.05, 0) is 43.0 Å². The van der Waals surface area contributed by atoms with Crippen LogP contribution in [0.1, 0.15) is 27.9 Å². The minimum Gasteiger partial charge on any atom is -0.496 e. The van der Waals surface area contributed by atoms with Gasteiger partial charge in [0.2, 0.25) is 0 Å². The molecule has 1 aliphatic heterocycles. The molecule has 148 valence electrons. The predicted octanol–water partition coefficient (Wildman–Crippen LogP) is 2.52. The number of nitrogens with zero attached hydrogens (tertiary/aromatic N) is 1. The Bertz CT molecular complexity index is 866. The normalized spacial score (nSPS) is 22.0. The van der Waals surface area contributed by atoms with Crippen LogP contribution in [-0.2, 0) is 11.2 Å². The molecule has 6 heteroatoms. The van der Waals surface area contributed by atoms with E-state index in [9.17, 15) is 19.8 Å². The first-order valence-corrected chi connectivity index (χ1v) is 9.26. The Morgan fingerprint density at radius 1 is 1.21 bits per heavy atom. The van der Waals surface area contributed by atoms with Crippen molar-refractivity contribution in [1.82, 2.24) is 4.90 Å². The topological polar surface area (TPSA) is 87.1 Å². The van der Waals surface area contributed by atoms with Gasteiger partial charge in [0.05, 0.1) is 13.2 Å². The van der Waals surface area contributed by atoms with E-state index in [2.05, 4.69) is 0 Å². The van der Waals surface area contributed by atoms with Crippen LogP contribution in [-0.4, -0.2) is 53.3 Å². The molecule has 0 radical (unpaired) electrons. The Morgan fingerprint density at radius 3 is 2.57 bits per heavy atom. The van der Waals surface area contributed by atoms with Gasteiger partial charge in [0, 0.05) is 18.7 Å². The Hall–Kier alpha value is -2.86. The molecule has 0 unspecified atom stereocenters. The lowest BCUT2D eigenvalue weighted by Gasteiger charge is -2.43. The number of carboxylic acids is 1. The number of aliphatic hydroxyl groups is 1. The highest BCUT2D eigenvalue weighted by molar-refractivity contribution is 5.95. The van der Waals surface area contributed by atoms with Crippen LogP contribution in [0.3, 0.4) is 0 Å². The van der Waals surface area contributed by atoms with Gasteiger partial charge >= 0.3 is 5.97 Å². The highest BCUT2D eigenvalue weighted by atomic mass is 16.5. The molecule has 3 rings (SSSR count). The molecule has 1 amide bonds. The molecule has 1 saturated heterocycles. The maximum atomic E-state index is 13.0. The molecule has 0 aromatic heterocycles. The van der Waals surface area contributed by atoms with Crippen molar-refractivity contribution in [3.63, 3.8) is 0 Å². The molecule has 1 heterocycles. The third-order valence-electron chi connectivity index (χ3n) is 5.51. The first-order valence-electron chi connectivity index (χ1n) is 9.26. The monoisotopic (exact) mass is 383 g/mol. The maximum Gasteiger partial charge on any atom is 0.314 e. The second-order valence-electron chi connectivity index (χ2n) is 7.34. The van der Waals surface area contributed by atoms with Crippen LogP contribution in [0.4, 0.5) is 0 Å². The molecule has 2 aromatic carbocycles. The van der Waals surface area contributed by atoms with Crippen LogP contribution >= 0.6 is 0 Å². The molecule has 2 N–H and O–H groups in total. The number of methoxy groups -OCH3 is 1. The van der Waals surface area contributed by atoms with Gasteiger partial charge < -0.3 is 19.8 Å². The maximum absolute atomic E-state index is 13.0. The van der Waals surface area contributed by atoms with Gasteiger partial charge in [-0.1, -0.05) is 36.4 Å². The number of piperidine rings is 1. The summed E-state index contributed by atoms with van der Waals surface area (Å²) in [4.78, 5) is 26.8. The second kappa shape index (κ2) is 8.02. The number of aliphatic hydroxyl groups excluding tert-OH is 1. The summed E-state index contributed by atoms with van der Waals surface area (Å²) in [5.74, 6) is -0.747. The van der Waals surface area contributed by atoms with Crippen molar-refractivity contribution in [3.05, 3.63) is 65.2 Å². The zero-order chi connectivity index (χ0) is 20.3. The smallest absolute Gasteiger partial charge is 0.314 e. The number of carbonyl (C=O) groups is 2. The first-order chi connectivity index (χ1) is 13.4. The van der Waals surface area contributed by atoms with Gasteiger partial charge in [-0.15, -0.1) is 0 Å². The Kier molecular flexibility index (Phi) is 5.70. The fraction of sp³-hybridized carbons (Fsp3) is 0.364. The fourth-order valence-corrected chi connectivity index (χ4v) is 3.81. The van der Waals surface area contributed by atoms with Crippen molar-refractivity contribution in [1.29, 1.82) is 0 Å². The Labute approximate surface area is 164 Å². The van der Waals surface area contributed by atoms with Crippen LogP contribution in [0.25, 0.3) is 0 Å². The standard InChI is InChI=1S/C22H25NO5/c1-15-8-9-17(12-18(15)28-2)20(25)23-11-10-19(24)22(14-23,21(26)27)13-16-6-4-3-5-7-16/h3-9,12,19,24H,10-11,13-14H2,1-2H3,(H,26,27)/t19-,22-/m1/s1. The number of likely N-dealkylation sites (tertiary alicyclic amines) is 1. The second-order valence-corrected chi connectivity index (χ2v) is 7.34. The molecule has 0 spiro atoms. The lowest BCUT2D eigenvalue weighted by molar-refractivity contribution is -0.161. The van der Waals surface area contributed by atoms with Gasteiger partial charge in [-0.25, -0.2) is 0 Å². The van der Waals surface area contributed by atoms with Gasteiger partial charge in [-0.2, -0.15) is 0 Å². The van der Waals surface area contributed by atoms with Crippen molar-refractivity contribution in [2.24, 2.45) is 5.41 Å². The zero-order valence-electron chi connectivity index (χ0n) is 16.1. The number of amides is 1. The van der Waals surface area contributed by atoms with Gasteiger partial charge in [0.1, 0.15) is 11.2 Å². The summed E-state index contributed by atoms with van der Waals surface area (Å²) in [7, 11) is 1.54. The van der Waals surface area contributed by atoms with Crippen molar-refractivity contribution in [2.75, 3.05) is 20.2 Å². The first kappa shape index (κ1) is 19.9. The van der Waals surface area contributed by atoms with Gasteiger partial charge in [0.25, 0.3) is 5.91 Å². The van der Waals surface area contributed by atoms with E-state index in [4.69, 9.17) is 4.74 Å².